The largest absolute Gasteiger partial charge is 0.300 e. The zero-order valence-electron chi connectivity index (χ0n) is 9.74. The van der Waals surface area contributed by atoms with Crippen LogP contribution in [0, 0.1) is 18.6 Å². The first-order chi connectivity index (χ1) is 7.65. The van der Waals surface area contributed by atoms with Crippen LogP contribution in [0.5, 0.6) is 0 Å². The van der Waals surface area contributed by atoms with E-state index in [1.54, 1.807) is 0 Å². The van der Waals surface area contributed by atoms with E-state index in [9.17, 15) is 0 Å². The summed E-state index contributed by atoms with van der Waals surface area (Å²) in [6.45, 7) is 7.10. The molecule has 0 unspecified atom stereocenters. The lowest BCUT2D eigenvalue weighted by molar-refractivity contribution is 0.755. The highest BCUT2D eigenvalue weighted by Gasteiger charge is 2.11. The van der Waals surface area contributed by atoms with Gasteiger partial charge in [0.15, 0.2) is 10.6 Å². The Morgan fingerprint density at radius 2 is 1.94 bits per heavy atom. The number of rotatable bonds is 2. The summed E-state index contributed by atoms with van der Waals surface area (Å²) in [5, 5.41) is 7.18. The molecule has 0 aliphatic heterocycles. The summed E-state index contributed by atoms with van der Waals surface area (Å²) in [5.74, 6) is 0.933. The van der Waals surface area contributed by atoms with Crippen molar-refractivity contribution in [3.8, 4) is 11.4 Å². The van der Waals surface area contributed by atoms with Crippen molar-refractivity contribution in [1.82, 2.24) is 14.8 Å². The van der Waals surface area contributed by atoms with Gasteiger partial charge in [-0.25, -0.2) is 0 Å². The lowest BCUT2D eigenvalue weighted by Crippen LogP contribution is -2.00. The molecule has 16 heavy (non-hydrogen) atoms. The molecule has 0 aliphatic rings. The van der Waals surface area contributed by atoms with Crippen molar-refractivity contribution < 1.29 is 0 Å². The molecule has 0 bridgehead atoms. The summed E-state index contributed by atoms with van der Waals surface area (Å²) in [4.78, 5) is 0. The maximum atomic E-state index is 5.20. The fraction of sp³-hybridized carbons (Fsp3) is 0.333. The molecule has 2 rings (SSSR count). The SMILES string of the molecule is CCn1c(-c2c(C)cccc2C)n[nH]c1=S. The fourth-order valence-electron chi connectivity index (χ4n) is 1.97. The van der Waals surface area contributed by atoms with Crippen LogP contribution in [0.3, 0.4) is 0 Å². The first-order valence-electron chi connectivity index (χ1n) is 5.37. The first kappa shape index (κ1) is 11.1. The zero-order valence-corrected chi connectivity index (χ0v) is 10.6. The molecule has 2 aromatic rings. The number of hydrogen-bond acceptors (Lipinski definition) is 2. The number of aromatic nitrogens is 3. The van der Waals surface area contributed by atoms with E-state index in [1.807, 2.05) is 4.57 Å². The molecule has 0 spiro atoms. The third kappa shape index (κ3) is 1.69. The number of nitrogens with one attached hydrogen (secondary N) is 1. The molecular formula is C12H15N3S. The van der Waals surface area contributed by atoms with Crippen LogP contribution in [0.15, 0.2) is 18.2 Å². The molecule has 0 radical (unpaired) electrons. The minimum absolute atomic E-state index is 0.681. The topological polar surface area (TPSA) is 33.6 Å². The first-order valence-corrected chi connectivity index (χ1v) is 5.77. The van der Waals surface area contributed by atoms with Crippen LogP contribution in [0.4, 0.5) is 0 Å². The summed E-state index contributed by atoms with van der Waals surface area (Å²) in [6, 6.07) is 6.26. The van der Waals surface area contributed by atoms with Crippen molar-refractivity contribution in [3.63, 3.8) is 0 Å². The summed E-state index contributed by atoms with van der Waals surface area (Å²) < 4.78 is 2.70. The second-order valence-corrected chi connectivity index (χ2v) is 4.25. The summed E-state index contributed by atoms with van der Waals surface area (Å²) >= 11 is 5.20. The number of benzene rings is 1. The molecule has 0 aliphatic carbocycles. The van der Waals surface area contributed by atoms with Crippen LogP contribution in [-0.2, 0) is 6.54 Å². The van der Waals surface area contributed by atoms with E-state index in [0.717, 1.165) is 12.4 Å². The van der Waals surface area contributed by atoms with Gasteiger partial charge in [0.2, 0.25) is 0 Å². The quantitative estimate of drug-likeness (QED) is 0.808. The maximum absolute atomic E-state index is 5.20. The molecule has 0 fully saturated rings. The Balaban J connectivity index is 2.72. The van der Waals surface area contributed by atoms with Crippen LogP contribution in [0.25, 0.3) is 11.4 Å². The summed E-state index contributed by atoms with van der Waals surface area (Å²) in [5.41, 5.74) is 3.63. The highest BCUT2D eigenvalue weighted by molar-refractivity contribution is 7.71. The van der Waals surface area contributed by atoms with Gasteiger partial charge in [0.25, 0.3) is 0 Å². The smallest absolute Gasteiger partial charge is 0.195 e. The Morgan fingerprint density at radius 3 is 2.50 bits per heavy atom. The molecular weight excluding hydrogens is 218 g/mol. The normalized spacial score (nSPS) is 10.7. The van der Waals surface area contributed by atoms with Crippen LogP contribution in [0.1, 0.15) is 18.1 Å². The maximum Gasteiger partial charge on any atom is 0.195 e. The molecule has 84 valence electrons. The Bertz CT molecular complexity index is 546. The van der Waals surface area contributed by atoms with E-state index in [0.29, 0.717) is 4.77 Å². The van der Waals surface area contributed by atoms with E-state index in [4.69, 9.17) is 12.2 Å². The van der Waals surface area contributed by atoms with Crippen molar-refractivity contribution in [3.05, 3.63) is 34.1 Å². The Hall–Kier alpha value is -1.42. The van der Waals surface area contributed by atoms with E-state index in [1.165, 1.54) is 16.7 Å². The molecule has 1 aromatic carbocycles. The van der Waals surface area contributed by atoms with Gasteiger partial charge >= 0.3 is 0 Å². The lowest BCUT2D eigenvalue weighted by atomic mass is 10.0. The molecule has 4 heteroatoms. The predicted molar refractivity (Wildman–Crippen MR) is 68.0 cm³/mol. The molecule has 1 N–H and O–H groups in total. The van der Waals surface area contributed by atoms with Crippen molar-refractivity contribution in [2.45, 2.75) is 27.3 Å². The minimum Gasteiger partial charge on any atom is -0.300 e. The summed E-state index contributed by atoms with van der Waals surface area (Å²) in [7, 11) is 0. The second kappa shape index (κ2) is 4.22. The van der Waals surface area contributed by atoms with Crippen LogP contribution in [-0.4, -0.2) is 14.8 Å². The highest BCUT2D eigenvalue weighted by Crippen LogP contribution is 2.25. The fourth-order valence-corrected chi connectivity index (χ4v) is 2.23. The van der Waals surface area contributed by atoms with E-state index in [2.05, 4.69) is 49.2 Å². The Labute approximate surface area is 100 Å². The number of H-pyrrole nitrogens is 1. The third-order valence-corrected chi connectivity index (χ3v) is 3.09. The van der Waals surface area contributed by atoms with Crippen LogP contribution in [0.2, 0.25) is 0 Å². The van der Waals surface area contributed by atoms with Crippen LogP contribution < -0.4 is 0 Å². The van der Waals surface area contributed by atoms with Gasteiger partial charge in [0, 0.05) is 12.1 Å². The average molecular weight is 233 g/mol. The van der Waals surface area contributed by atoms with Gasteiger partial charge in [-0.15, -0.1) is 0 Å². The molecule has 3 nitrogen and oxygen atoms in total. The molecule has 0 saturated carbocycles. The highest BCUT2D eigenvalue weighted by atomic mass is 32.1. The number of aromatic amines is 1. The van der Waals surface area contributed by atoms with Gasteiger partial charge < -0.3 is 4.57 Å². The molecule has 0 atom stereocenters. The lowest BCUT2D eigenvalue weighted by Gasteiger charge is -2.09. The van der Waals surface area contributed by atoms with Gasteiger partial charge in [-0.3, -0.25) is 5.10 Å². The van der Waals surface area contributed by atoms with Crippen molar-refractivity contribution in [1.29, 1.82) is 0 Å². The van der Waals surface area contributed by atoms with E-state index < -0.39 is 0 Å². The van der Waals surface area contributed by atoms with E-state index in [-0.39, 0.29) is 0 Å². The van der Waals surface area contributed by atoms with Crippen molar-refractivity contribution in [2.24, 2.45) is 0 Å². The number of aryl methyl sites for hydroxylation is 2. The monoisotopic (exact) mass is 233 g/mol. The van der Waals surface area contributed by atoms with E-state index >= 15 is 0 Å². The van der Waals surface area contributed by atoms with Gasteiger partial charge in [-0.2, -0.15) is 5.10 Å². The summed E-state index contributed by atoms with van der Waals surface area (Å²) in [6.07, 6.45) is 0. The number of hydrogen-bond donors (Lipinski definition) is 1. The molecule has 0 saturated heterocycles. The Kier molecular flexibility index (Phi) is 2.92. The Morgan fingerprint density at radius 1 is 1.31 bits per heavy atom. The predicted octanol–water partition coefficient (Wildman–Crippen LogP) is 3.24. The molecule has 1 heterocycles. The molecule has 1 aromatic heterocycles. The minimum atomic E-state index is 0.681. The van der Waals surface area contributed by atoms with Crippen molar-refractivity contribution in [2.75, 3.05) is 0 Å². The van der Waals surface area contributed by atoms with Gasteiger partial charge in [-0.1, -0.05) is 18.2 Å². The van der Waals surface area contributed by atoms with Crippen LogP contribution >= 0.6 is 12.2 Å². The molecule has 0 amide bonds. The van der Waals surface area contributed by atoms with Gasteiger partial charge in [0.1, 0.15) is 0 Å². The van der Waals surface area contributed by atoms with Gasteiger partial charge in [0.05, 0.1) is 0 Å². The zero-order chi connectivity index (χ0) is 11.7. The third-order valence-electron chi connectivity index (χ3n) is 2.78. The van der Waals surface area contributed by atoms with Crippen molar-refractivity contribution >= 4 is 12.2 Å². The standard InChI is InChI=1S/C12H15N3S/c1-4-15-11(13-14-12(15)16)10-8(2)6-5-7-9(10)3/h5-7H,4H2,1-3H3,(H,14,16). The second-order valence-electron chi connectivity index (χ2n) is 3.86. The number of nitrogens with zero attached hydrogens (tertiary/aromatic N) is 2. The van der Waals surface area contributed by atoms with Gasteiger partial charge in [-0.05, 0) is 44.1 Å². The average Bonchev–Trinajstić information content (AvgIpc) is 2.59.